The van der Waals surface area contributed by atoms with Crippen molar-refractivity contribution in [2.75, 3.05) is 13.7 Å². The summed E-state index contributed by atoms with van der Waals surface area (Å²) in [5.74, 6) is 1.44. The third-order valence-electron chi connectivity index (χ3n) is 3.99. The van der Waals surface area contributed by atoms with Crippen LogP contribution in [0.1, 0.15) is 50.6 Å². The molecule has 1 aliphatic carbocycles. The van der Waals surface area contributed by atoms with E-state index in [1.165, 1.54) is 6.42 Å². The second kappa shape index (κ2) is 6.46. The van der Waals surface area contributed by atoms with Gasteiger partial charge in [-0.25, -0.2) is 0 Å². The minimum absolute atomic E-state index is 0.114. The highest BCUT2D eigenvalue weighted by atomic mass is 16.5. The number of benzene rings is 1. The first-order chi connectivity index (χ1) is 9.54. The van der Waals surface area contributed by atoms with Gasteiger partial charge in [-0.3, -0.25) is 0 Å². The van der Waals surface area contributed by atoms with Crippen LogP contribution in [0.25, 0.3) is 0 Å². The SMILES string of the molecule is COc1ccc([C@@H](C)N)c(OCC2(O)CCCCC2)c1. The molecule has 3 N–H and O–H groups in total. The van der Waals surface area contributed by atoms with Crippen molar-refractivity contribution in [2.45, 2.75) is 50.7 Å². The third-order valence-corrected chi connectivity index (χ3v) is 3.99. The third kappa shape index (κ3) is 3.64. The maximum absolute atomic E-state index is 10.5. The number of rotatable bonds is 5. The van der Waals surface area contributed by atoms with Crippen LogP contribution in [0.3, 0.4) is 0 Å². The molecule has 0 spiro atoms. The molecule has 4 heteroatoms. The van der Waals surface area contributed by atoms with Crippen LogP contribution in [-0.4, -0.2) is 24.4 Å². The Bertz CT molecular complexity index is 439. The lowest BCUT2D eigenvalue weighted by Gasteiger charge is -2.32. The van der Waals surface area contributed by atoms with Crippen LogP contribution in [0, 0.1) is 0 Å². The lowest BCUT2D eigenvalue weighted by Crippen LogP contribution is -2.38. The van der Waals surface area contributed by atoms with Gasteiger partial charge in [-0.15, -0.1) is 0 Å². The smallest absolute Gasteiger partial charge is 0.127 e. The first-order valence-corrected chi connectivity index (χ1v) is 7.33. The molecule has 0 aromatic heterocycles. The van der Waals surface area contributed by atoms with E-state index in [1.54, 1.807) is 7.11 Å². The summed E-state index contributed by atoms with van der Waals surface area (Å²) in [7, 11) is 1.62. The van der Waals surface area contributed by atoms with Gasteiger partial charge in [0, 0.05) is 17.7 Å². The van der Waals surface area contributed by atoms with Gasteiger partial charge in [-0.1, -0.05) is 25.3 Å². The maximum atomic E-state index is 10.5. The summed E-state index contributed by atoms with van der Waals surface area (Å²) >= 11 is 0. The molecule has 1 atom stereocenters. The highest BCUT2D eigenvalue weighted by molar-refractivity contribution is 5.42. The summed E-state index contributed by atoms with van der Waals surface area (Å²) in [5, 5.41) is 10.5. The molecule has 1 aliphatic rings. The van der Waals surface area contributed by atoms with Crippen molar-refractivity contribution in [1.29, 1.82) is 0 Å². The zero-order valence-electron chi connectivity index (χ0n) is 12.4. The first kappa shape index (κ1) is 15.1. The quantitative estimate of drug-likeness (QED) is 0.870. The van der Waals surface area contributed by atoms with E-state index < -0.39 is 5.60 Å². The summed E-state index contributed by atoms with van der Waals surface area (Å²) in [4.78, 5) is 0. The summed E-state index contributed by atoms with van der Waals surface area (Å²) < 4.78 is 11.1. The van der Waals surface area contributed by atoms with E-state index in [1.807, 2.05) is 25.1 Å². The second-order valence-electron chi connectivity index (χ2n) is 5.77. The number of methoxy groups -OCH3 is 1. The zero-order chi connectivity index (χ0) is 14.6. The van der Waals surface area contributed by atoms with Crippen LogP contribution in [0.5, 0.6) is 11.5 Å². The van der Waals surface area contributed by atoms with Gasteiger partial charge >= 0.3 is 0 Å². The molecule has 0 saturated heterocycles. The standard InChI is InChI=1S/C16H25NO3/c1-12(17)14-7-6-13(19-2)10-15(14)20-11-16(18)8-4-3-5-9-16/h6-7,10,12,18H,3-5,8-9,11,17H2,1-2H3/t12-/m1/s1. The summed E-state index contributed by atoms with van der Waals surface area (Å²) in [6.07, 6.45) is 4.96. The van der Waals surface area contributed by atoms with E-state index in [0.29, 0.717) is 12.4 Å². The van der Waals surface area contributed by atoms with Gasteiger partial charge in [-0.2, -0.15) is 0 Å². The number of nitrogens with two attached hydrogens (primary N) is 1. The predicted molar refractivity (Wildman–Crippen MR) is 79.1 cm³/mol. The topological polar surface area (TPSA) is 64.7 Å². The van der Waals surface area contributed by atoms with Gasteiger partial charge < -0.3 is 20.3 Å². The largest absolute Gasteiger partial charge is 0.497 e. The van der Waals surface area contributed by atoms with Crippen molar-refractivity contribution >= 4 is 0 Å². The Morgan fingerprint density at radius 2 is 2.00 bits per heavy atom. The van der Waals surface area contributed by atoms with E-state index in [-0.39, 0.29) is 6.04 Å². The van der Waals surface area contributed by atoms with Crippen molar-refractivity contribution in [1.82, 2.24) is 0 Å². The average Bonchev–Trinajstić information content (AvgIpc) is 2.45. The number of hydrogen-bond acceptors (Lipinski definition) is 4. The van der Waals surface area contributed by atoms with Crippen molar-refractivity contribution in [3.05, 3.63) is 23.8 Å². The minimum Gasteiger partial charge on any atom is -0.497 e. The Hall–Kier alpha value is -1.26. The Balaban J connectivity index is 2.10. The molecule has 112 valence electrons. The van der Waals surface area contributed by atoms with Crippen molar-refractivity contribution in [2.24, 2.45) is 5.73 Å². The highest BCUT2D eigenvalue weighted by Crippen LogP contribution is 2.32. The van der Waals surface area contributed by atoms with Crippen molar-refractivity contribution in [3.63, 3.8) is 0 Å². The molecule has 0 radical (unpaired) electrons. The molecule has 1 saturated carbocycles. The highest BCUT2D eigenvalue weighted by Gasteiger charge is 2.30. The van der Waals surface area contributed by atoms with Crippen molar-refractivity contribution in [3.8, 4) is 11.5 Å². The molecule has 0 amide bonds. The zero-order valence-corrected chi connectivity index (χ0v) is 12.4. The molecule has 0 aliphatic heterocycles. The Morgan fingerprint density at radius 3 is 2.60 bits per heavy atom. The molecule has 20 heavy (non-hydrogen) atoms. The first-order valence-electron chi connectivity index (χ1n) is 7.33. The molecule has 0 bridgehead atoms. The Kier molecular flexibility index (Phi) is 4.89. The second-order valence-corrected chi connectivity index (χ2v) is 5.77. The van der Waals surface area contributed by atoms with Gasteiger partial charge in [-0.05, 0) is 25.8 Å². The van der Waals surface area contributed by atoms with Crippen LogP contribution in [0.2, 0.25) is 0 Å². The Morgan fingerprint density at radius 1 is 1.30 bits per heavy atom. The molecule has 1 aromatic carbocycles. The molecule has 0 heterocycles. The summed E-state index contributed by atoms with van der Waals surface area (Å²) in [5.41, 5.74) is 6.20. The Labute approximate surface area is 120 Å². The van der Waals surface area contributed by atoms with E-state index >= 15 is 0 Å². The van der Waals surface area contributed by atoms with Gasteiger partial charge in [0.2, 0.25) is 0 Å². The molecule has 2 rings (SSSR count). The average molecular weight is 279 g/mol. The number of ether oxygens (including phenoxy) is 2. The van der Waals surface area contributed by atoms with E-state index in [9.17, 15) is 5.11 Å². The fourth-order valence-electron chi connectivity index (χ4n) is 2.71. The normalized spacial score (nSPS) is 19.4. The lowest BCUT2D eigenvalue weighted by atomic mass is 9.85. The number of hydrogen-bond donors (Lipinski definition) is 2. The summed E-state index contributed by atoms with van der Waals surface area (Å²) in [6, 6.07) is 5.52. The van der Waals surface area contributed by atoms with E-state index in [4.69, 9.17) is 15.2 Å². The van der Waals surface area contributed by atoms with Gasteiger partial charge in [0.25, 0.3) is 0 Å². The van der Waals surface area contributed by atoms with Crippen molar-refractivity contribution < 1.29 is 14.6 Å². The molecular weight excluding hydrogens is 254 g/mol. The van der Waals surface area contributed by atoms with Gasteiger partial charge in [0.1, 0.15) is 18.1 Å². The molecule has 4 nitrogen and oxygen atoms in total. The van der Waals surface area contributed by atoms with Crippen LogP contribution < -0.4 is 15.2 Å². The lowest BCUT2D eigenvalue weighted by molar-refractivity contribution is -0.0342. The molecule has 1 fully saturated rings. The minimum atomic E-state index is -0.698. The predicted octanol–water partition coefficient (Wildman–Crippen LogP) is 2.79. The van der Waals surface area contributed by atoms with E-state index in [0.717, 1.165) is 37.0 Å². The van der Waals surface area contributed by atoms with Crippen LogP contribution in [0.15, 0.2) is 18.2 Å². The fraction of sp³-hybridized carbons (Fsp3) is 0.625. The van der Waals surface area contributed by atoms with Gasteiger partial charge in [0.05, 0.1) is 12.7 Å². The van der Waals surface area contributed by atoms with Crippen LogP contribution >= 0.6 is 0 Å². The fourth-order valence-corrected chi connectivity index (χ4v) is 2.71. The molecule has 0 unspecified atom stereocenters. The maximum Gasteiger partial charge on any atom is 0.127 e. The van der Waals surface area contributed by atoms with E-state index in [2.05, 4.69) is 0 Å². The monoisotopic (exact) mass is 279 g/mol. The van der Waals surface area contributed by atoms with Crippen LogP contribution in [0.4, 0.5) is 0 Å². The number of aliphatic hydroxyl groups is 1. The summed E-state index contributed by atoms with van der Waals surface area (Å²) in [6.45, 7) is 2.24. The molecule has 1 aromatic rings. The van der Waals surface area contributed by atoms with Crippen LogP contribution in [-0.2, 0) is 0 Å². The van der Waals surface area contributed by atoms with Gasteiger partial charge in [0.15, 0.2) is 0 Å². The molecular formula is C16H25NO3.